The third kappa shape index (κ3) is 1.46. The second-order valence-corrected chi connectivity index (χ2v) is 5.72. The van der Waals surface area contributed by atoms with Crippen molar-refractivity contribution in [3.05, 3.63) is 29.8 Å². The van der Waals surface area contributed by atoms with Crippen molar-refractivity contribution in [3.8, 4) is 5.75 Å². The zero-order valence-electron chi connectivity index (χ0n) is 10.3. The van der Waals surface area contributed by atoms with Crippen molar-refractivity contribution in [2.24, 2.45) is 0 Å². The molecule has 0 atom stereocenters. The molecule has 0 saturated heterocycles. The van der Waals surface area contributed by atoms with E-state index in [4.69, 9.17) is 5.73 Å². The number of nitrogen functional groups attached to an aromatic ring is 1. The minimum Gasteiger partial charge on any atom is -0.507 e. The van der Waals surface area contributed by atoms with Crippen molar-refractivity contribution in [3.63, 3.8) is 0 Å². The van der Waals surface area contributed by atoms with Crippen LogP contribution in [-0.4, -0.2) is 10.1 Å². The highest BCUT2D eigenvalue weighted by atomic mass is 32.1. The Bertz CT molecular complexity index is 746. The maximum absolute atomic E-state index is 10.5. The van der Waals surface area contributed by atoms with Crippen molar-refractivity contribution in [2.45, 2.75) is 19.8 Å². The quantitative estimate of drug-likeness (QED) is 0.696. The van der Waals surface area contributed by atoms with E-state index in [9.17, 15) is 5.11 Å². The van der Waals surface area contributed by atoms with Crippen LogP contribution >= 0.6 is 11.3 Å². The monoisotopic (exact) mass is 258 g/mol. The molecule has 0 aliphatic rings. The Morgan fingerprint density at radius 3 is 2.56 bits per heavy atom. The lowest BCUT2D eigenvalue weighted by Crippen LogP contribution is -1.91. The van der Waals surface area contributed by atoms with Gasteiger partial charge in [0.25, 0.3) is 0 Å². The molecule has 92 valence electrons. The normalized spacial score (nSPS) is 11.7. The standard InChI is InChI=1S/C14H14N2OS/c1-7(2)10-12(17)9-6-4-3-5-8(9)11-13(10)18-14(15)16-11/h3-7,17H,1-2H3,(H2,15,16). The Balaban J connectivity index is 2.61. The summed E-state index contributed by atoms with van der Waals surface area (Å²) in [5.74, 6) is 0.591. The summed E-state index contributed by atoms with van der Waals surface area (Å²) in [4.78, 5) is 4.41. The van der Waals surface area contributed by atoms with Gasteiger partial charge >= 0.3 is 0 Å². The number of anilines is 1. The minimum atomic E-state index is 0.233. The van der Waals surface area contributed by atoms with Crippen LogP contribution in [0.3, 0.4) is 0 Å². The Labute approximate surface area is 109 Å². The van der Waals surface area contributed by atoms with Crippen LogP contribution in [0.5, 0.6) is 5.75 Å². The van der Waals surface area contributed by atoms with E-state index in [0.29, 0.717) is 10.9 Å². The number of rotatable bonds is 1. The van der Waals surface area contributed by atoms with Gasteiger partial charge < -0.3 is 10.8 Å². The lowest BCUT2D eigenvalue weighted by molar-refractivity contribution is 0.473. The highest BCUT2D eigenvalue weighted by Crippen LogP contribution is 2.43. The van der Waals surface area contributed by atoms with Crippen LogP contribution in [0.2, 0.25) is 0 Å². The van der Waals surface area contributed by atoms with E-state index in [1.807, 2.05) is 24.3 Å². The third-order valence-corrected chi connectivity index (χ3v) is 4.08. The fraction of sp³-hybridized carbons (Fsp3) is 0.214. The third-order valence-electron chi connectivity index (χ3n) is 3.16. The number of hydrogen-bond acceptors (Lipinski definition) is 4. The second kappa shape index (κ2) is 3.85. The van der Waals surface area contributed by atoms with Gasteiger partial charge in [-0.05, 0) is 5.92 Å². The number of nitrogens with zero attached hydrogens (tertiary/aromatic N) is 1. The smallest absolute Gasteiger partial charge is 0.181 e. The number of fused-ring (bicyclic) bond motifs is 3. The number of thiazole rings is 1. The number of aromatic nitrogens is 1. The SMILES string of the molecule is CC(C)c1c(O)c2ccccc2c2nc(N)sc12. The predicted octanol–water partition coefficient (Wildman–Crippen LogP) is 3.86. The molecule has 1 aromatic heterocycles. The lowest BCUT2D eigenvalue weighted by atomic mass is 9.96. The molecule has 0 spiro atoms. The Kier molecular flexibility index (Phi) is 2.41. The highest BCUT2D eigenvalue weighted by molar-refractivity contribution is 7.22. The summed E-state index contributed by atoms with van der Waals surface area (Å²) in [5.41, 5.74) is 7.67. The molecule has 3 rings (SSSR count). The van der Waals surface area contributed by atoms with Gasteiger partial charge in [-0.25, -0.2) is 4.98 Å². The molecule has 0 unspecified atom stereocenters. The number of phenols is 1. The maximum atomic E-state index is 10.5. The molecule has 1 heterocycles. The maximum Gasteiger partial charge on any atom is 0.181 e. The molecule has 2 aromatic carbocycles. The first kappa shape index (κ1) is 11.3. The van der Waals surface area contributed by atoms with E-state index in [1.54, 1.807) is 0 Å². The summed E-state index contributed by atoms with van der Waals surface area (Å²) in [6.07, 6.45) is 0. The molecule has 4 heteroatoms. The van der Waals surface area contributed by atoms with Crippen molar-refractivity contribution in [1.82, 2.24) is 4.98 Å². The first-order valence-corrected chi connectivity index (χ1v) is 6.70. The summed E-state index contributed by atoms with van der Waals surface area (Å²) in [7, 11) is 0. The minimum absolute atomic E-state index is 0.233. The van der Waals surface area contributed by atoms with Crippen LogP contribution in [0.1, 0.15) is 25.3 Å². The largest absolute Gasteiger partial charge is 0.507 e. The molecule has 0 amide bonds. The van der Waals surface area contributed by atoms with E-state index in [1.165, 1.54) is 11.3 Å². The van der Waals surface area contributed by atoms with Gasteiger partial charge in [0.1, 0.15) is 5.75 Å². The zero-order valence-corrected chi connectivity index (χ0v) is 11.1. The van der Waals surface area contributed by atoms with Crippen molar-refractivity contribution < 1.29 is 5.11 Å². The van der Waals surface area contributed by atoms with Crippen LogP contribution < -0.4 is 5.73 Å². The molecular formula is C14H14N2OS. The van der Waals surface area contributed by atoms with Crippen molar-refractivity contribution in [2.75, 3.05) is 5.73 Å². The van der Waals surface area contributed by atoms with Gasteiger partial charge in [-0.15, -0.1) is 0 Å². The first-order chi connectivity index (χ1) is 8.59. The van der Waals surface area contributed by atoms with Crippen LogP contribution in [0.15, 0.2) is 24.3 Å². The molecule has 3 aromatic rings. The van der Waals surface area contributed by atoms with Crippen molar-refractivity contribution in [1.29, 1.82) is 0 Å². The van der Waals surface area contributed by atoms with Crippen LogP contribution in [0, 0.1) is 0 Å². The fourth-order valence-corrected chi connectivity index (χ4v) is 3.43. The molecule has 0 saturated carbocycles. The van der Waals surface area contributed by atoms with Gasteiger partial charge in [-0.1, -0.05) is 49.4 Å². The van der Waals surface area contributed by atoms with E-state index in [0.717, 1.165) is 26.6 Å². The fourth-order valence-electron chi connectivity index (χ4n) is 2.39. The number of hydrogen-bond donors (Lipinski definition) is 2. The highest BCUT2D eigenvalue weighted by Gasteiger charge is 2.18. The van der Waals surface area contributed by atoms with E-state index >= 15 is 0 Å². The zero-order chi connectivity index (χ0) is 12.9. The van der Waals surface area contributed by atoms with Crippen molar-refractivity contribution >= 4 is 37.5 Å². The molecular weight excluding hydrogens is 244 g/mol. The summed E-state index contributed by atoms with van der Waals surface area (Å²) in [6.45, 7) is 4.14. The van der Waals surface area contributed by atoms with Crippen LogP contribution in [0.25, 0.3) is 21.0 Å². The first-order valence-electron chi connectivity index (χ1n) is 5.89. The van der Waals surface area contributed by atoms with Gasteiger partial charge in [0, 0.05) is 16.3 Å². The number of aromatic hydroxyl groups is 1. The average molecular weight is 258 g/mol. The summed E-state index contributed by atoms with van der Waals surface area (Å²) in [5, 5.41) is 12.8. The number of phenolic OH excluding ortho intramolecular Hbond substituents is 1. The number of benzene rings is 2. The Morgan fingerprint density at radius 2 is 1.89 bits per heavy atom. The van der Waals surface area contributed by atoms with E-state index in [2.05, 4.69) is 18.8 Å². The molecule has 0 radical (unpaired) electrons. The second-order valence-electron chi connectivity index (χ2n) is 4.69. The average Bonchev–Trinajstić information content (AvgIpc) is 2.70. The summed E-state index contributed by atoms with van der Waals surface area (Å²) in [6, 6.07) is 7.77. The molecule has 3 nitrogen and oxygen atoms in total. The summed E-state index contributed by atoms with van der Waals surface area (Å²) < 4.78 is 0.999. The molecule has 18 heavy (non-hydrogen) atoms. The van der Waals surface area contributed by atoms with Gasteiger partial charge in [0.15, 0.2) is 5.13 Å². The molecule has 0 aliphatic carbocycles. The van der Waals surface area contributed by atoms with Gasteiger partial charge in [0.05, 0.1) is 10.2 Å². The molecule has 3 N–H and O–H groups in total. The Morgan fingerprint density at radius 1 is 1.22 bits per heavy atom. The van der Waals surface area contributed by atoms with Crippen LogP contribution in [0.4, 0.5) is 5.13 Å². The van der Waals surface area contributed by atoms with Gasteiger partial charge in [-0.2, -0.15) is 0 Å². The molecule has 0 bridgehead atoms. The van der Waals surface area contributed by atoms with Crippen LogP contribution in [-0.2, 0) is 0 Å². The predicted molar refractivity (Wildman–Crippen MR) is 77.3 cm³/mol. The molecule has 0 fully saturated rings. The van der Waals surface area contributed by atoms with Gasteiger partial charge in [0.2, 0.25) is 0 Å². The lowest BCUT2D eigenvalue weighted by Gasteiger charge is -2.12. The summed E-state index contributed by atoms with van der Waals surface area (Å²) >= 11 is 1.44. The van der Waals surface area contributed by atoms with E-state index in [-0.39, 0.29) is 5.92 Å². The topological polar surface area (TPSA) is 59.1 Å². The molecule has 0 aliphatic heterocycles. The van der Waals surface area contributed by atoms with Gasteiger partial charge in [-0.3, -0.25) is 0 Å². The number of nitrogens with two attached hydrogens (primary N) is 1. The van der Waals surface area contributed by atoms with E-state index < -0.39 is 0 Å². The Hall–Kier alpha value is -1.81.